The zero-order valence-electron chi connectivity index (χ0n) is 11.3. The van der Waals surface area contributed by atoms with Crippen molar-refractivity contribution in [2.45, 2.75) is 13.0 Å². The number of hydrogen-bond acceptors (Lipinski definition) is 5. The molecule has 0 radical (unpaired) electrons. The van der Waals surface area contributed by atoms with Crippen molar-refractivity contribution in [2.75, 3.05) is 24.2 Å². The molecule has 1 aliphatic heterocycles. The largest absolute Gasteiger partial charge is 0.399 e. The molecule has 1 fully saturated rings. The Balaban J connectivity index is 2.49. The number of nitrogens with zero attached hydrogens (tertiary/aromatic N) is 1. The molecule has 0 spiro atoms. The molecular formula is C13H16N4O3. The first-order valence-electron chi connectivity index (χ1n) is 6.16. The van der Waals surface area contributed by atoms with Gasteiger partial charge in [0.2, 0.25) is 11.8 Å². The van der Waals surface area contributed by atoms with Gasteiger partial charge < -0.3 is 16.0 Å². The van der Waals surface area contributed by atoms with Crippen LogP contribution in [0.1, 0.15) is 17.3 Å². The van der Waals surface area contributed by atoms with Crippen molar-refractivity contribution >= 4 is 29.1 Å². The first kappa shape index (κ1) is 13.9. The van der Waals surface area contributed by atoms with Gasteiger partial charge in [-0.05, 0) is 25.1 Å². The first-order valence-corrected chi connectivity index (χ1v) is 6.16. The number of benzene rings is 1. The molecule has 1 aromatic rings. The van der Waals surface area contributed by atoms with Gasteiger partial charge in [-0.2, -0.15) is 0 Å². The maximum atomic E-state index is 11.9. The van der Waals surface area contributed by atoms with Crippen molar-refractivity contribution in [1.82, 2.24) is 10.6 Å². The van der Waals surface area contributed by atoms with Crippen LogP contribution < -0.4 is 21.3 Å². The van der Waals surface area contributed by atoms with Gasteiger partial charge in [-0.15, -0.1) is 0 Å². The van der Waals surface area contributed by atoms with E-state index in [0.29, 0.717) is 16.9 Å². The first-order chi connectivity index (χ1) is 9.43. The number of imide groups is 1. The summed E-state index contributed by atoms with van der Waals surface area (Å²) in [6.07, 6.45) is 0. The van der Waals surface area contributed by atoms with Crippen LogP contribution in [-0.2, 0) is 9.59 Å². The van der Waals surface area contributed by atoms with Gasteiger partial charge in [-0.1, -0.05) is 0 Å². The van der Waals surface area contributed by atoms with Crippen molar-refractivity contribution in [1.29, 1.82) is 0 Å². The molecule has 1 aromatic carbocycles. The van der Waals surface area contributed by atoms with Gasteiger partial charge >= 0.3 is 0 Å². The summed E-state index contributed by atoms with van der Waals surface area (Å²) < 4.78 is 0. The van der Waals surface area contributed by atoms with Crippen LogP contribution in [0, 0.1) is 0 Å². The molecule has 2 rings (SSSR count). The fourth-order valence-corrected chi connectivity index (χ4v) is 2.12. The van der Waals surface area contributed by atoms with Gasteiger partial charge in [0.15, 0.2) is 0 Å². The summed E-state index contributed by atoms with van der Waals surface area (Å²) in [5, 5.41) is 4.78. The Morgan fingerprint density at radius 3 is 2.80 bits per heavy atom. The van der Waals surface area contributed by atoms with Gasteiger partial charge in [-0.25, -0.2) is 0 Å². The number of amides is 3. The van der Waals surface area contributed by atoms with Crippen LogP contribution in [0.15, 0.2) is 18.2 Å². The second kappa shape index (κ2) is 5.20. The van der Waals surface area contributed by atoms with E-state index in [4.69, 9.17) is 5.73 Å². The molecule has 106 valence electrons. The van der Waals surface area contributed by atoms with Gasteiger partial charge in [0, 0.05) is 12.7 Å². The normalized spacial score (nSPS) is 18.7. The molecular weight excluding hydrogens is 260 g/mol. The average Bonchev–Trinajstić information content (AvgIpc) is 2.42. The summed E-state index contributed by atoms with van der Waals surface area (Å²) in [6, 6.07) is 4.21. The Bertz CT molecular complexity index is 585. The molecule has 0 saturated carbocycles. The summed E-state index contributed by atoms with van der Waals surface area (Å²) in [7, 11) is 1.51. The number of nitrogen functional groups attached to an aromatic ring is 1. The average molecular weight is 276 g/mol. The number of hydrogen-bond donors (Lipinski definition) is 3. The van der Waals surface area contributed by atoms with Crippen molar-refractivity contribution in [3.8, 4) is 0 Å². The van der Waals surface area contributed by atoms with Gasteiger partial charge in [0.05, 0.1) is 17.8 Å². The topological polar surface area (TPSA) is 105 Å². The SMILES string of the molecule is CNC(=O)c1ccc(N)cc1N1CC(=O)NC(=O)C1C. The fraction of sp³-hybridized carbons (Fsp3) is 0.308. The molecule has 0 aliphatic carbocycles. The number of carbonyl (C=O) groups is 3. The summed E-state index contributed by atoms with van der Waals surface area (Å²) in [5.41, 5.74) is 7.05. The third-order valence-electron chi connectivity index (χ3n) is 3.23. The molecule has 1 saturated heterocycles. The zero-order valence-corrected chi connectivity index (χ0v) is 11.3. The fourth-order valence-electron chi connectivity index (χ4n) is 2.12. The Kier molecular flexibility index (Phi) is 3.60. The molecule has 0 bridgehead atoms. The highest BCUT2D eigenvalue weighted by molar-refractivity contribution is 6.07. The highest BCUT2D eigenvalue weighted by atomic mass is 16.2. The smallest absolute Gasteiger partial charge is 0.253 e. The van der Waals surface area contributed by atoms with Crippen molar-refractivity contribution < 1.29 is 14.4 Å². The third kappa shape index (κ3) is 2.42. The van der Waals surface area contributed by atoms with Crippen LogP contribution in [0.2, 0.25) is 0 Å². The predicted molar refractivity (Wildman–Crippen MR) is 74.2 cm³/mol. The van der Waals surface area contributed by atoms with Crippen LogP contribution in [0.3, 0.4) is 0 Å². The molecule has 1 heterocycles. The van der Waals surface area contributed by atoms with E-state index in [1.807, 2.05) is 0 Å². The number of rotatable bonds is 2. The van der Waals surface area contributed by atoms with Gasteiger partial charge in [0.25, 0.3) is 5.91 Å². The lowest BCUT2D eigenvalue weighted by molar-refractivity contribution is -0.132. The lowest BCUT2D eigenvalue weighted by Crippen LogP contribution is -2.57. The summed E-state index contributed by atoms with van der Waals surface area (Å²) in [4.78, 5) is 36.7. The highest BCUT2D eigenvalue weighted by Crippen LogP contribution is 2.26. The van der Waals surface area contributed by atoms with Crippen LogP contribution >= 0.6 is 0 Å². The van der Waals surface area contributed by atoms with E-state index in [1.165, 1.54) is 7.05 Å². The van der Waals surface area contributed by atoms with E-state index in [-0.39, 0.29) is 12.5 Å². The minimum absolute atomic E-state index is 0.000351. The number of carbonyl (C=O) groups excluding carboxylic acids is 3. The van der Waals surface area contributed by atoms with E-state index in [0.717, 1.165) is 0 Å². The van der Waals surface area contributed by atoms with Gasteiger partial charge in [0.1, 0.15) is 6.04 Å². The van der Waals surface area contributed by atoms with E-state index >= 15 is 0 Å². The number of anilines is 2. The summed E-state index contributed by atoms with van der Waals surface area (Å²) in [6.45, 7) is 1.67. The highest BCUT2D eigenvalue weighted by Gasteiger charge is 2.32. The summed E-state index contributed by atoms with van der Waals surface area (Å²) >= 11 is 0. The maximum Gasteiger partial charge on any atom is 0.253 e. The minimum atomic E-state index is -0.557. The molecule has 1 unspecified atom stereocenters. The maximum absolute atomic E-state index is 11.9. The Morgan fingerprint density at radius 2 is 2.15 bits per heavy atom. The van der Waals surface area contributed by atoms with E-state index in [9.17, 15) is 14.4 Å². The predicted octanol–water partition coefficient (Wildman–Crippen LogP) is -0.520. The van der Waals surface area contributed by atoms with Crippen molar-refractivity contribution in [3.05, 3.63) is 23.8 Å². The van der Waals surface area contributed by atoms with Crippen LogP contribution in [0.4, 0.5) is 11.4 Å². The lowest BCUT2D eigenvalue weighted by Gasteiger charge is -2.34. The second-order valence-electron chi connectivity index (χ2n) is 4.57. The number of nitrogens with two attached hydrogens (primary N) is 1. The molecule has 7 heteroatoms. The van der Waals surface area contributed by atoms with Crippen LogP contribution in [0.25, 0.3) is 0 Å². The molecule has 3 amide bonds. The second-order valence-corrected chi connectivity index (χ2v) is 4.57. The lowest BCUT2D eigenvalue weighted by atomic mass is 10.1. The van der Waals surface area contributed by atoms with Crippen molar-refractivity contribution in [2.24, 2.45) is 0 Å². The molecule has 1 aliphatic rings. The Morgan fingerprint density at radius 1 is 1.45 bits per heavy atom. The number of nitrogens with one attached hydrogen (secondary N) is 2. The number of piperazine rings is 1. The Labute approximate surface area is 116 Å². The van der Waals surface area contributed by atoms with Gasteiger partial charge in [-0.3, -0.25) is 19.7 Å². The molecule has 20 heavy (non-hydrogen) atoms. The monoisotopic (exact) mass is 276 g/mol. The zero-order chi connectivity index (χ0) is 14.9. The molecule has 0 aromatic heterocycles. The molecule has 7 nitrogen and oxygen atoms in total. The molecule has 1 atom stereocenters. The molecule has 4 N–H and O–H groups in total. The minimum Gasteiger partial charge on any atom is -0.399 e. The standard InChI is InChI=1S/C13H16N4O3/c1-7-12(19)16-11(18)6-17(7)10-5-8(14)3-4-9(10)13(20)15-2/h3-5,7H,6,14H2,1-2H3,(H,15,20)(H,16,18,19). The Hall–Kier alpha value is -2.57. The van der Waals surface area contributed by atoms with Crippen molar-refractivity contribution in [3.63, 3.8) is 0 Å². The third-order valence-corrected chi connectivity index (χ3v) is 3.23. The van der Waals surface area contributed by atoms with E-state index < -0.39 is 17.9 Å². The van der Waals surface area contributed by atoms with Crippen LogP contribution in [0.5, 0.6) is 0 Å². The quantitative estimate of drug-likeness (QED) is 0.498. The van der Waals surface area contributed by atoms with E-state index in [1.54, 1.807) is 30.0 Å². The van der Waals surface area contributed by atoms with E-state index in [2.05, 4.69) is 10.6 Å². The summed E-state index contributed by atoms with van der Waals surface area (Å²) in [5.74, 6) is -1.10. The van der Waals surface area contributed by atoms with Crippen LogP contribution in [-0.4, -0.2) is 37.4 Å².